The number of fused-ring (bicyclic) bond motifs is 1. The standard InChI is InChI=1S/C18H17F2N3O2S/c19-18(20)13-3-1-2-12(8-13)14-9-15-11-22-6-4-16(15)17(10-14)26(24,25)23-7-5-21/h1-4,6,8-11,18,23H,5,7,21H2. The maximum absolute atomic E-state index is 13.0. The quantitative estimate of drug-likeness (QED) is 0.691. The lowest BCUT2D eigenvalue weighted by atomic mass is 10.0. The van der Waals surface area contributed by atoms with E-state index >= 15 is 0 Å². The number of nitrogens with zero attached hydrogens (tertiary/aromatic N) is 1. The first-order valence-corrected chi connectivity index (χ1v) is 9.36. The Morgan fingerprint density at radius 2 is 1.92 bits per heavy atom. The Morgan fingerprint density at radius 1 is 1.12 bits per heavy atom. The van der Waals surface area contributed by atoms with Crippen LogP contribution in [0, 0.1) is 0 Å². The monoisotopic (exact) mass is 377 g/mol. The van der Waals surface area contributed by atoms with Gasteiger partial charge in [-0.15, -0.1) is 0 Å². The molecule has 5 nitrogen and oxygen atoms in total. The lowest BCUT2D eigenvalue weighted by Gasteiger charge is -2.12. The number of nitrogens with one attached hydrogen (secondary N) is 1. The van der Waals surface area contributed by atoms with Crippen LogP contribution in [0.4, 0.5) is 8.78 Å². The Kier molecular flexibility index (Phi) is 5.26. The molecule has 0 radical (unpaired) electrons. The van der Waals surface area contributed by atoms with Crippen molar-refractivity contribution in [3.63, 3.8) is 0 Å². The smallest absolute Gasteiger partial charge is 0.263 e. The van der Waals surface area contributed by atoms with E-state index < -0.39 is 16.4 Å². The van der Waals surface area contributed by atoms with Crippen LogP contribution in [0.1, 0.15) is 12.0 Å². The summed E-state index contributed by atoms with van der Waals surface area (Å²) in [7, 11) is -3.81. The van der Waals surface area contributed by atoms with Gasteiger partial charge in [-0.25, -0.2) is 21.9 Å². The molecule has 3 rings (SSSR count). The maximum atomic E-state index is 13.0. The third-order valence-electron chi connectivity index (χ3n) is 3.91. The molecule has 0 atom stereocenters. The van der Waals surface area contributed by atoms with Gasteiger partial charge in [0.05, 0.1) is 4.90 Å². The minimum Gasteiger partial charge on any atom is -0.329 e. The molecule has 0 saturated carbocycles. The third-order valence-corrected chi connectivity index (χ3v) is 5.41. The first-order valence-electron chi connectivity index (χ1n) is 7.88. The van der Waals surface area contributed by atoms with E-state index in [9.17, 15) is 17.2 Å². The van der Waals surface area contributed by atoms with Crippen molar-refractivity contribution in [3.05, 3.63) is 60.4 Å². The molecule has 0 aliphatic heterocycles. The Morgan fingerprint density at radius 3 is 2.65 bits per heavy atom. The second-order valence-corrected chi connectivity index (χ2v) is 7.42. The van der Waals surface area contributed by atoms with Crippen LogP contribution in [0.2, 0.25) is 0 Å². The van der Waals surface area contributed by atoms with Crippen molar-refractivity contribution in [2.45, 2.75) is 11.3 Å². The summed E-state index contributed by atoms with van der Waals surface area (Å²) in [6.07, 6.45) is 0.436. The molecule has 0 unspecified atom stereocenters. The number of aromatic nitrogens is 1. The van der Waals surface area contributed by atoms with Crippen LogP contribution in [0.15, 0.2) is 59.8 Å². The normalized spacial score (nSPS) is 12.0. The predicted molar refractivity (Wildman–Crippen MR) is 96.4 cm³/mol. The van der Waals surface area contributed by atoms with Gasteiger partial charge in [0.1, 0.15) is 0 Å². The average Bonchev–Trinajstić information content (AvgIpc) is 2.65. The molecule has 8 heteroatoms. The van der Waals surface area contributed by atoms with E-state index in [1.54, 1.807) is 18.2 Å². The molecule has 3 N–H and O–H groups in total. The topological polar surface area (TPSA) is 85.1 Å². The summed E-state index contributed by atoms with van der Waals surface area (Å²) >= 11 is 0. The van der Waals surface area contributed by atoms with Crippen LogP contribution in [-0.2, 0) is 10.0 Å². The summed E-state index contributed by atoms with van der Waals surface area (Å²) < 4.78 is 53.7. The first kappa shape index (κ1) is 18.4. The second kappa shape index (κ2) is 7.45. The van der Waals surface area contributed by atoms with Crippen molar-refractivity contribution >= 4 is 20.8 Å². The molecule has 0 bridgehead atoms. The molecule has 0 saturated heterocycles. The molecular weight excluding hydrogens is 360 g/mol. The van der Waals surface area contributed by atoms with Gasteiger partial charge in [0.25, 0.3) is 6.43 Å². The van der Waals surface area contributed by atoms with Crippen molar-refractivity contribution in [3.8, 4) is 11.1 Å². The molecule has 1 heterocycles. The van der Waals surface area contributed by atoms with Crippen LogP contribution in [0.5, 0.6) is 0 Å². The fourth-order valence-corrected chi connectivity index (χ4v) is 3.99. The van der Waals surface area contributed by atoms with E-state index in [4.69, 9.17) is 5.73 Å². The number of benzene rings is 2. The van der Waals surface area contributed by atoms with Crippen molar-refractivity contribution < 1.29 is 17.2 Å². The number of hydrogen-bond donors (Lipinski definition) is 2. The average molecular weight is 377 g/mol. The highest BCUT2D eigenvalue weighted by molar-refractivity contribution is 7.89. The summed E-state index contributed by atoms with van der Waals surface area (Å²) in [5.74, 6) is 0. The third kappa shape index (κ3) is 3.72. The minimum absolute atomic E-state index is 0.0586. The van der Waals surface area contributed by atoms with Crippen LogP contribution >= 0.6 is 0 Å². The summed E-state index contributed by atoms with van der Waals surface area (Å²) in [6.45, 7) is 0.259. The molecule has 0 amide bonds. The van der Waals surface area contributed by atoms with E-state index in [-0.39, 0.29) is 23.5 Å². The molecule has 0 fully saturated rings. The number of nitrogens with two attached hydrogens (primary N) is 1. The van der Waals surface area contributed by atoms with Gasteiger partial charge < -0.3 is 5.73 Å². The maximum Gasteiger partial charge on any atom is 0.263 e. The van der Waals surface area contributed by atoms with Gasteiger partial charge in [0.2, 0.25) is 10.0 Å². The Bertz CT molecular complexity index is 1040. The summed E-state index contributed by atoms with van der Waals surface area (Å²) in [5.41, 5.74) is 6.28. The zero-order chi connectivity index (χ0) is 18.7. The van der Waals surface area contributed by atoms with E-state index in [0.717, 1.165) is 0 Å². The van der Waals surface area contributed by atoms with E-state index in [2.05, 4.69) is 9.71 Å². The number of alkyl halides is 2. The van der Waals surface area contributed by atoms with Gasteiger partial charge in [0, 0.05) is 41.8 Å². The molecule has 26 heavy (non-hydrogen) atoms. The zero-order valence-electron chi connectivity index (χ0n) is 13.7. The molecule has 3 aromatic rings. The predicted octanol–water partition coefficient (Wildman–Crippen LogP) is 3.08. The van der Waals surface area contributed by atoms with Crippen molar-refractivity contribution in [1.82, 2.24) is 9.71 Å². The van der Waals surface area contributed by atoms with Crippen LogP contribution in [-0.4, -0.2) is 26.5 Å². The summed E-state index contributed by atoms with van der Waals surface area (Å²) in [5, 5.41) is 1.10. The van der Waals surface area contributed by atoms with Gasteiger partial charge in [-0.05, 0) is 35.4 Å². The van der Waals surface area contributed by atoms with Gasteiger partial charge in [0.15, 0.2) is 0 Å². The molecule has 0 spiro atoms. The molecule has 136 valence electrons. The van der Waals surface area contributed by atoms with Gasteiger partial charge >= 0.3 is 0 Å². The second-order valence-electron chi connectivity index (χ2n) is 5.68. The number of hydrogen-bond acceptors (Lipinski definition) is 4. The van der Waals surface area contributed by atoms with Gasteiger partial charge in [-0.3, -0.25) is 4.98 Å². The van der Waals surface area contributed by atoms with E-state index in [1.165, 1.54) is 36.7 Å². The first-order chi connectivity index (χ1) is 12.4. The van der Waals surface area contributed by atoms with Crippen molar-refractivity contribution in [2.24, 2.45) is 5.73 Å². The van der Waals surface area contributed by atoms with Crippen LogP contribution in [0.25, 0.3) is 21.9 Å². The van der Waals surface area contributed by atoms with Crippen molar-refractivity contribution in [1.29, 1.82) is 0 Å². The lowest BCUT2D eigenvalue weighted by molar-refractivity contribution is 0.151. The van der Waals surface area contributed by atoms with Crippen LogP contribution < -0.4 is 10.5 Å². The lowest BCUT2D eigenvalue weighted by Crippen LogP contribution is -2.29. The Hall–Kier alpha value is -2.42. The summed E-state index contributed by atoms with van der Waals surface area (Å²) in [6, 6.07) is 10.7. The number of halogens is 2. The largest absolute Gasteiger partial charge is 0.329 e. The van der Waals surface area contributed by atoms with Crippen molar-refractivity contribution in [2.75, 3.05) is 13.1 Å². The SMILES string of the molecule is NCCNS(=O)(=O)c1cc(-c2cccc(C(F)F)c2)cc2cnccc12. The highest BCUT2D eigenvalue weighted by atomic mass is 32.2. The molecule has 0 aliphatic carbocycles. The minimum atomic E-state index is -3.81. The Balaban J connectivity index is 2.21. The fraction of sp³-hybridized carbons (Fsp3) is 0.167. The fourth-order valence-electron chi connectivity index (χ4n) is 2.69. The number of sulfonamides is 1. The molecule has 1 aromatic heterocycles. The number of pyridine rings is 1. The molecule has 2 aromatic carbocycles. The number of rotatable bonds is 6. The highest BCUT2D eigenvalue weighted by Crippen LogP contribution is 2.31. The van der Waals surface area contributed by atoms with E-state index in [0.29, 0.717) is 21.9 Å². The zero-order valence-corrected chi connectivity index (χ0v) is 14.5. The summed E-state index contributed by atoms with van der Waals surface area (Å²) in [4.78, 5) is 4.08. The Labute approximate surface area is 149 Å². The van der Waals surface area contributed by atoms with Gasteiger partial charge in [-0.2, -0.15) is 0 Å². The van der Waals surface area contributed by atoms with Crippen LogP contribution in [0.3, 0.4) is 0 Å². The molecule has 0 aliphatic rings. The molecular formula is C18H17F2N3O2S. The highest BCUT2D eigenvalue weighted by Gasteiger charge is 2.19. The van der Waals surface area contributed by atoms with Gasteiger partial charge in [-0.1, -0.05) is 18.2 Å². The van der Waals surface area contributed by atoms with E-state index in [1.807, 2.05) is 0 Å².